The van der Waals surface area contributed by atoms with Gasteiger partial charge in [0.15, 0.2) is 0 Å². The monoisotopic (exact) mass is 340 g/mol. The van der Waals surface area contributed by atoms with Crippen molar-refractivity contribution in [1.29, 1.82) is 0 Å². The number of halogens is 1. The molecule has 2 aromatic rings. The van der Waals surface area contributed by atoms with Crippen LogP contribution in [-0.4, -0.2) is 13.4 Å². The minimum atomic E-state index is -3.69. The Morgan fingerprint density at radius 2 is 1.81 bits per heavy atom. The van der Waals surface area contributed by atoms with Crippen LogP contribution in [0.3, 0.4) is 0 Å². The number of nitrogens with two attached hydrogens (primary N) is 1. The van der Waals surface area contributed by atoms with E-state index in [1.807, 2.05) is 0 Å². The van der Waals surface area contributed by atoms with E-state index in [4.69, 9.17) is 29.6 Å². The van der Waals surface area contributed by atoms with Crippen LogP contribution in [0.25, 0.3) is 0 Å². The fraction of sp³-hybridized carbons (Fsp3) is 0.0714. The van der Waals surface area contributed by atoms with Crippen LogP contribution in [-0.2, 0) is 10.0 Å². The van der Waals surface area contributed by atoms with Crippen LogP contribution < -0.4 is 10.5 Å². The van der Waals surface area contributed by atoms with E-state index in [0.29, 0.717) is 16.3 Å². The number of rotatable bonds is 4. The van der Waals surface area contributed by atoms with Crippen molar-refractivity contribution in [2.45, 2.75) is 11.8 Å². The summed E-state index contributed by atoms with van der Waals surface area (Å²) in [7, 11) is -3.69. The van der Waals surface area contributed by atoms with E-state index < -0.39 is 10.0 Å². The topological polar surface area (TPSA) is 72.2 Å². The molecule has 0 aromatic heterocycles. The molecule has 0 unspecified atom stereocenters. The highest BCUT2D eigenvalue weighted by molar-refractivity contribution is 7.92. The Bertz CT molecular complexity index is 787. The highest BCUT2D eigenvalue weighted by Gasteiger charge is 2.15. The third-order valence-electron chi connectivity index (χ3n) is 2.89. The lowest BCUT2D eigenvalue weighted by Crippen LogP contribution is -2.14. The summed E-state index contributed by atoms with van der Waals surface area (Å²) >= 11 is 10.7. The van der Waals surface area contributed by atoms with Gasteiger partial charge in [0, 0.05) is 10.6 Å². The Hall–Kier alpha value is -1.63. The average Bonchev–Trinajstić information content (AvgIpc) is 2.43. The van der Waals surface area contributed by atoms with E-state index in [1.54, 1.807) is 37.3 Å². The first-order valence-electron chi connectivity index (χ1n) is 5.98. The first-order valence-corrected chi connectivity index (χ1v) is 8.25. The lowest BCUT2D eigenvalue weighted by Gasteiger charge is -2.11. The van der Waals surface area contributed by atoms with E-state index in [1.165, 1.54) is 12.1 Å². The fourth-order valence-corrected chi connectivity index (χ4v) is 3.14. The van der Waals surface area contributed by atoms with Crippen molar-refractivity contribution >= 4 is 44.5 Å². The second kappa shape index (κ2) is 6.01. The number of anilines is 1. The molecule has 0 aliphatic heterocycles. The quantitative estimate of drug-likeness (QED) is 0.839. The maximum atomic E-state index is 12.3. The number of benzene rings is 2. The molecule has 0 radical (unpaired) electrons. The van der Waals surface area contributed by atoms with Gasteiger partial charge in [-0.15, -0.1) is 0 Å². The Kier molecular flexibility index (Phi) is 4.51. The summed E-state index contributed by atoms with van der Waals surface area (Å²) in [6.07, 6.45) is 0. The molecule has 0 amide bonds. The summed E-state index contributed by atoms with van der Waals surface area (Å²) in [5.41, 5.74) is 7.32. The molecule has 110 valence electrons. The summed E-state index contributed by atoms with van der Waals surface area (Å²) < 4.78 is 27.2. The van der Waals surface area contributed by atoms with Crippen LogP contribution in [0.5, 0.6) is 0 Å². The van der Waals surface area contributed by atoms with Crippen molar-refractivity contribution in [3.8, 4) is 0 Å². The molecule has 0 aliphatic carbocycles. The summed E-state index contributed by atoms with van der Waals surface area (Å²) in [5, 5.41) is 0.460. The number of sulfonamides is 1. The average molecular weight is 341 g/mol. The molecule has 7 heteroatoms. The zero-order valence-corrected chi connectivity index (χ0v) is 13.5. The SMILES string of the molecule is Cc1ccc(Cl)cc1NS(=O)(=O)c1ccc(C(N)=S)cc1. The smallest absolute Gasteiger partial charge is 0.261 e. The lowest BCUT2D eigenvalue weighted by atomic mass is 10.2. The molecule has 4 nitrogen and oxygen atoms in total. The van der Waals surface area contributed by atoms with Gasteiger partial charge >= 0.3 is 0 Å². The largest absolute Gasteiger partial charge is 0.389 e. The van der Waals surface area contributed by atoms with Gasteiger partial charge in [-0.1, -0.05) is 42.0 Å². The minimum absolute atomic E-state index is 0.127. The molecule has 3 N–H and O–H groups in total. The Morgan fingerprint density at radius 1 is 1.19 bits per heavy atom. The zero-order valence-electron chi connectivity index (χ0n) is 11.1. The van der Waals surface area contributed by atoms with Crippen molar-refractivity contribution in [3.63, 3.8) is 0 Å². The van der Waals surface area contributed by atoms with Crippen molar-refractivity contribution in [1.82, 2.24) is 0 Å². The fourth-order valence-electron chi connectivity index (χ4n) is 1.71. The van der Waals surface area contributed by atoms with Gasteiger partial charge in [-0.3, -0.25) is 4.72 Å². The molecular formula is C14H13ClN2O2S2. The maximum absolute atomic E-state index is 12.3. The van der Waals surface area contributed by atoms with Gasteiger partial charge in [0.25, 0.3) is 10.0 Å². The normalized spacial score (nSPS) is 11.1. The van der Waals surface area contributed by atoms with E-state index >= 15 is 0 Å². The first kappa shape index (κ1) is 15.8. The molecule has 0 heterocycles. The first-order chi connectivity index (χ1) is 9.79. The molecule has 21 heavy (non-hydrogen) atoms. The predicted octanol–water partition coefficient (Wildman–Crippen LogP) is 3.08. The zero-order chi connectivity index (χ0) is 15.6. The number of hydrogen-bond acceptors (Lipinski definition) is 3. The predicted molar refractivity (Wildman–Crippen MR) is 89.3 cm³/mol. The van der Waals surface area contributed by atoms with Gasteiger partial charge in [0.05, 0.1) is 10.6 Å². The third-order valence-corrected chi connectivity index (χ3v) is 4.75. The number of aryl methyl sites for hydroxylation is 1. The van der Waals surface area contributed by atoms with Crippen molar-refractivity contribution in [2.24, 2.45) is 5.73 Å². The Morgan fingerprint density at radius 3 is 2.38 bits per heavy atom. The molecular weight excluding hydrogens is 328 g/mol. The minimum Gasteiger partial charge on any atom is -0.389 e. The summed E-state index contributed by atoms with van der Waals surface area (Å²) in [6, 6.07) is 11.1. The second-order valence-electron chi connectivity index (χ2n) is 4.45. The van der Waals surface area contributed by atoms with Crippen LogP contribution in [0.2, 0.25) is 5.02 Å². The molecule has 0 atom stereocenters. The van der Waals surface area contributed by atoms with Gasteiger partial charge in [-0.05, 0) is 36.8 Å². The Labute approximate surface area is 134 Å². The highest BCUT2D eigenvalue weighted by atomic mass is 35.5. The van der Waals surface area contributed by atoms with Crippen molar-refractivity contribution in [2.75, 3.05) is 4.72 Å². The molecule has 2 aromatic carbocycles. The molecule has 0 saturated carbocycles. The van der Waals surface area contributed by atoms with Crippen LogP contribution in [0.1, 0.15) is 11.1 Å². The van der Waals surface area contributed by atoms with Gasteiger partial charge in [-0.25, -0.2) is 8.42 Å². The third kappa shape index (κ3) is 3.72. The van der Waals surface area contributed by atoms with Crippen LogP contribution in [0, 0.1) is 6.92 Å². The second-order valence-corrected chi connectivity index (χ2v) is 7.01. The van der Waals surface area contributed by atoms with E-state index in [0.717, 1.165) is 5.56 Å². The van der Waals surface area contributed by atoms with E-state index in [-0.39, 0.29) is 9.88 Å². The van der Waals surface area contributed by atoms with E-state index in [2.05, 4.69) is 4.72 Å². The van der Waals surface area contributed by atoms with Gasteiger partial charge < -0.3 is 5.73 Å². The molecule has 0 spiro atoms. The number of nitrogens with one attached hydrogen (secondary N) is 1. The molecule has 0 saturated heterocycles. The molecule has 0 bridgehead atoms. The number of hydrogen-bond donors (Lipinski definition) is 2. The standard InChI is InChI=1S/C14H13ClN2O2S2/c1-9-2-5-11(15)8-13(9)17-21(18,19)12-6-3-10(4-7-12)14(16)20/h2-8,17H,1H3,(H2,16,20). The maximum Gasteiger partial charge on any atom is 0.261 e. The Balaban J connectivity index is 2.34. The van der Waals surface area contributed by atoms with Crippen LogP contribution in [0.4, 0.5) is 5.69 Å². The van der Waals surface area contributed by atoms with Gasteiger partial charge in [0.2, 0.25) is 0 Å². The molecule has 0 aliphatic rings. The summed E-state index contributed by atoms with van der Waals surface area (Å²) in [5.74, 6) is 0. The van der Waals surface area contributed by atoms with Crippen molar-refractivity contribution in [3.05, 3.63) is 58.6 Å². The summed E-state index contributed by atoms with van der Waals surface area (Å²) in [6.45, 7) is 1.80. The van der Waals surface area contributed by atoms with Gasteiger partial charge in [0.1, 0.15) is 4.99 Å². The molecule has 0 fully saturated rings. The van der Waals surface area contributed by atoms with Crippen LogP contribution in [0.15, 0.2) is 47.4 Å². The molecule has 2 rings (SSSR count). The van der Waals surface area contributed by atoms with Crippen molar-refractivity contribution < 1.29 is 8.42 Å². The van der Waals surface area contributed by atoms with Crippen LogP contribution >= 0.6 is 23.8 Å². The number of thiocarbonyl (C=S) groups is 1. The lowest BCUT2D eigenvalue weighted by molar-refractivity contribution is 0.601. The van der Waals surface area contributed by atoms with Gasteiger partial charge in [-0.2, -0.15) is 0 Å². The van der Waals surface area contributed by atoms with E-state index in [9.17, 15) is 8.42 Å². The highest BCUT2D eigenvalue weighted by Crippen LogP contribution is 2.23. The summed E-state index contributed by atoms with van der Waals surface area (Å²) in [4.78, 5) is 0.347.